The van der Waals surface area contributed by atoms with Gasteiger partial charge in [-0.3, -0.25) is 0 Å². The summed E-state index contributed by atoms with van der Waals surface area (Å²) in [7, 11) is 0. The number of rotatable bonds is 6. The number of halogens is 2. The van der Waals surface area contributed by atoms with Gasteiger partial charge in [0.25, 0.3) is 0 Å². The van der Waals surface area contributed by atoms with E-state index in [1.54, 1.807) is 0 Å². The molecule has 0 saturated heterocycles. The lowest BCUT2D eigenvalue weighted by molar-refractivity contribution is 0.401. The van der Waals surface area contributed by atoms with Crippen LogP contribution >= 0.6 is 31.9 Å². The van der Waals surface area contributed by atoms with Crippen LogP contribution in [0.5, 0.6) is 0 Å². The van der Waals surface area contributed by atoms with E-state index in [1.807, 2.05) is 0 Å². The molecule has 1 nitrogen and oxygen atoms in total. The Morgan fingerprint density at radius 2 is 1.67 bits per heavy atom. The summed E-state index contributed by atoms with van der Waals surface area (Å²) < 4.78 is 4.87. The standard InChI is InChI=1S/C24H25Br2N/c1-3-5-8-16(4-2)15-27-22-13-17(25)11-12-20(22)24-19-10-7-6-9-18(19)21(26)14-23(24)27/h6-7,9-14,16H,3-5,8,15H2,1-2H3. The molecule has 0 radical (unpaired) electrons. The Balaban J connectivity index is 2.02. The molecule has 3 heteroatoms. The predicted molar refractivity (Wildman–Crippen MR) is 126 cm³/mol. The van der Waals surface area contributed by atoms with Crippen LogP contribution in [0.1, 0.15) is 39.5 Å². The maximum atomic E-state index is 3.83. The maximum absolute atomic E-state index is 3.83. The summed E-state index contributed by atoms with van der Waals surface area (Å²) >= 11 is 7.52. The third-order valence-corrected chi connectivity index (χ3v) is 6.92. The fourth-order valence-electron chi connectivity index (χ4n) is 4.25. The van der Waals surface area contributed by atoms with Crippen molar-refractivity contribution in [2.24, 2.45) is 5.92 Å². The van der Waals surface area contributed by atoms with Crippen LogP contribution < -0.4 is 0 Å². The Hall–Kier alpha value is -1.32. The summed E-state index contributed by atoms with van der Waals surface area (Å²) in [5.41, 5.74) is 2.67. The van der Waals surface area contributed by atoms with E-state index < -0.39 is 0 Å². The highest BCUT2D eigenvalue weighted by atomic mass is 79.9. The Morgan fingerprint density at radius 1 is 0.889 bits per heavy atom. The largest absolute Gasteiger partial charge is 0.340 e. The molecule has 0 fully saturated rings. The number of hydrogen-bond acceptors (Lipinski definition) is 0. The average Bonchev–Trinajstić information content (AvgIpc) is 2.98. The number of hydrogen-bond donors (Lipinski definition) is 0. The summed E-state index contributed by atoms with van der Waals surface area (Å²) in [5.74, 6) is 0.716. The summed E-state index contributed by atoms with van der Waals surface area (Å²) in [6.07, 6.45) is 5.11. The van der Waals surface area contributed by atoms with Gasteiger partial charge in [0, 0.05) is 26.3 Å². The van der Waals surface area contributed by atoms with Crippen molar-refractivity contribution < 1.29 is 0 Å². The first kappa shape index (κ1) is 19.0. The molecule has 0 aliphatic rings. The first-order chi connectivity index (χ1) is 13.1. The van der Waals surface area contributed by atoms with Gasteiger partial charge >= 0.3 is 0 Å². The minimum atomic E-state index is 0.716. The van der Waals surface area contributed by atoms with Gasteiger partial charge in [-0.15, -0.1) is 0 Å². The molecular weight excluding hydrogens is 462 g/mol. The normalized spacial score (nSPS) is 13.0. The zero-order chi connectivity index (χ0) is 19.0. The van der Waals surface area contributed by atoms with Crippen LogP contribution in [-0.4, -0.2) is 4.57 Å². The summed E-state index contributed by atoms with van der Waals surface area (Å²) in [6, 6.07) is 17.8. The molecule has 0 aliphatic heterocycles. The smallest absolute Gasteiger partial charge is 0.0509 e. The molecule has 0 N–H and O–H groups in total. The Kier molecular flexibility index (Phi) is 5.61. The lowest BCUT2D eigenvalue weighted by Crippen LogP contribution is -2.10. The Morgan fingerprint density at radius 3 is 2.41 bits per heavy atom. The molecule has 4 rings (SSSR count). The zero-order valence-corrected chi connectivity index (χ0v) is 19.1. The molecule has 1 unspecified atom stereocenters. The van der Waals surface area contributed by atoms with E-state index in [1.165, 1.54) is 62.7 Å². The summed E-state index contributed by atoms with van der Waals surface area (Å²) in [5, 5.41) is 5.34. The molecule has 3 aromatic carbocycles. The topological polar surface area (TPSA) is 4.93 Å². The van der Waals surface area contributed by atoms with Crippen LogP contribution in [0.3, 0.4) is 0 Å². The van der Waals surface area contributed by atoms with Gasteiger partial charge in [-0.25, -0.2) is 0 Å². The summed E-state index contributed by atoms with van der Waals surface area (Å²) in [6.45, 7) is 5.70. The van der Waals surface area contributed by atoms with Crippen molar-refractivity contribution in [3.05, 3.63) is 57.5 Å². The third kappa shape index (κ3) is 3.45. The molecule has 0 spiro atoms. The first-order valence-corrected chi connectivity index (χ1v) is 11.5. The second-order valence-corrected chi connectivity index (χ2v) is 9.26. The molecule has 140 valence electrons. The second-order valence-electron chi connectivity index (χ2n) is 7.49. The van der Waals surface area contributed by atoms with Crippen molar-refractivity contribution in [3.8, 4) is 0 Å². The highest BCUT2D eigenvalue weighted by molar-refractivity contribution is 9.11. The van der Waals surface area contributed by atoms with Crippen molar-refractivity contribution in [2.45, 2.75) is 46.1 Å². The predicted octanol–water partition coefficient (Wildman–Crippen LogP) is 8.69. The van der Waals surface area contributed by atoms with Gasteiger partial charge in [0.15, 0.2) is 0 Å². The minimum absolute atomic E-state index is 0.716. The van der Waals surface area contributed by atoms with Crippen LogP contribution in [-0.2, 0) is 6.54 Å². The van der Waals surface area contributed by atoms with Crippen molar-refractivity contribution in [2.75, 3.05) is 0 Å². The Labute approximate surface area is 178 Å². The van der Waals surface area contributed by atoms with Gasteiger partial charge in [0.2, 0.25) is 0 Å². The fraction of sp³-hybridized carbons (Fsp3) is 0.333. The second kappa shape index (κ2) is 7.97. The molecule has 0 bridgehead atoms. The quantitative estimate of drug-likeness (QED) is 0.257. The minimum Gasteiger partial charge on any atom is -0.340 e. The van der Waals surface area contributed by atoms with E-state index >= 15 is 0 Å². The summed E-state index contributed by atoms with van der Waals surface area (Å²) in [4.78, 5) is 0. The highest BCUT2D eigenvalue weighted by Crippen LogP contribution is 2.39. The van der Waals surface area contributed by atoms with Crippen molar-refractivity contribution in [3.63, 3.8) is 0 Å². The number of unbranched alkanes of at least 4 members (excludes halogenated alkanes) is 1. The van der Waals surface area contributed by atoms with E-state index in [9.17, 15) is 0 Å². The number of nitrogens with zero attached hydrogens (tertiary/aromatic N) is 1. The lowest BCUT2D eigenvalue weighted by atomic mass is 9.99. The third-order valence-electron chi connectivity index (χ3n) is 5.77. The Bertz CT molecular complexity index is 1110. The molecule has 4 aromatic rings. The molecule has 27 heavy (non-hydrogen) atoms. The van der Waals surface area contributed by atoms with Crippen LogP contribution in [0.25, 0.3) is 32.6 Å². The number of benzene rings is 3. The van der Waals surface area contributed by atoms with E-state index in [4.69, 9.17) is 0 Å². The molecular formula is C24H25Br2N. The van der Waals surface area contributed by atoms with Crippen LogP contribution in [0.2, 0.25) is 0 Å². The molecule has 0 saturated carbocycles. The van der Waals surface area contributed by atoms with E-state index in [-0.39, 0.29) is 0 Å². The monoisotopic (exact) mass is 485 g/mol. The fourth-order valence-corrected chi connectivity index (χ4v) is 5.17. The zero-order valence-electron chi connectivity index (χ0n) is 15.9. The van der Waals surface area contributed by atoms with E-state index in [0.29, 0.717) is 5.92 Å². The van der Waals surface area contributed by atoms with Gasteiger partial charge < -0.3 is 4.57 Å². The van der Waals surface area contributed by atoms with Gasteiger partial charge in [0.05, 0.1) is 11.0 Å². The number of fused-ring (bicyclic) bond motifs is 5. The lowest BCUT2D eigenvalue weighted by Gasteiger charge is -2.17. The SMILES string of the molecule is CCCCC(CC)Cn1c2cc(Br)ccc2c2c3ccccc3c(Br)cc21. The molecule has 0 amide bonds. The van der Waals surface area contributed by atoms with Crippen LogP contribution in [0.4, 0.5) is 0 Å². The number of aromatic nitrogens is 1. The molecule has 0 aliphatic carbocycles. The molecule has 1 atom stereocenters. The highest BCUT2D eigenvalue weighted by Gasteiger charge is 2.17. The van der Waals surface area contributed by atoms with E-state index in [0.717, 1.165) is 11.0 Å². The van der Waals surface area contributed by atoms with E-state index in [2.05, 4.69) is 98.8 Å². The van der Waals surface area contributed by atoms with Gasteiger partial charge in [-0.05, 0) is 41.3 Å². The van der Waals surface area contributed by atoms with Crippen molar-refractivity contribution in [1.29, 1.82) is 0 Å². The molecule has 1 aromatic heterocycles. The molecule has 1 heterocycles. The van der Waals surface area contributed by atoms with Gasteiger partial charge in [0.1, 0.15) is 0 Å². The average molecular weight is 487 g/mol. The van der Waals surface area contributed by atoms with Crippen LogP contribution in [0.15, 0.2) is 57.5 Å². The maximum Gasteiger partial charge on any atom is 0.0509 e. The first-order valence-electron chi connectivity index (χ1n) is 9.92. The van der Waals surface area contributed by atoms with Gasteiger partial charge in [-0.2, -0.15) is 0 Å². The van der Waals surface area contributed by atoms with Gasteiger partial charge in [-0.1, -0.05) is 95.3 Å². The van der Waals surface area contributed by atoms with Crippen molar-refractivity contribution >= 4 is 64.4 Å². The van der Waals surface area contributed by atoms with Crippen LogP contribution in [0, 0.1) is 5.92 Å². The van der Waals surface area contributed by atoms with Crippen molar-refractivity contribution in [1.82, 2.24) is 4.57 Å².